The van der Waals surface area contributed by atoms with Crippen LogP contribution in [0.25, 0.3) is 0 Å². The number of carboxylic acids is 1. The maximum atomic E-state index is 11.7. The van der Waals surface area contributed by atoms with Crippen LogP contribution in [-0.4, -0.2) is 36.7 Å². The summed E-state index contributed by atoms with van der Waals surface area (Å²) in [5.41, 5.74) is -0.0185. The Balaban J connectivity index is 2.02. The molecule has 0 saturated carbocycles. The largest absolute Gasteiger partial charge is 0.478 e. The summed E-state index contributed by atoms with van der Waals surface area (Å²) >= 11 is 0. The number of aromatic nitrogens is 3. The number of hydrogen-bond donors (Lipinski definition) is 2. The van der Waals surface area contributed by atoms with Gasteiger partial charge in [0.1, 0.15) is 12.4 Å². The van der Waals surface area contributed by atoms with Gasteiger partial charge in [-0.05, 0) is 17.1 Å². The van der Waals surface area contributed by atoms with Crippen molar-refractivity contribution in [2.24, 2.45) is 0 Å². The standard InChI is InChI=1S/C11H9N5O5/c17-10(6-15-4-2-9(14-15)16(20)21)13-8-5-7(11(18)19)1-3-12-8/h1-5H,6H2,(H,18,19)(H,12,13,17). The van der Waals surface area contributed by atoms with E-state index in [1.165, 1.54) is 24.5 Å². The molecule has 2 aromatic rings. The highest BCUT2D eigenvalue weighted by Gasteiger charge is 2.14. The third-order valence-electron chi connectivity index (χ3n) is 2.39. The van der Waals surface area contributed by atoms with E-state index in [2.05, 4.69) is 15.4 Å². The van der Waals surface area contributed by atoms with Gasteiger partial charge in [-0.3, -0.25) is 4.79 Å². The lowest BCUT2D eigenvalue weighted by Crippen LogP contribution is -2.20. The number of hydrogen-bond acceptors (Lipinski definition) is 6. The van der Waals surface area contributed by atoms with Crippen LogP contribution in [0.4, 0.5) is 11.6 Å². The molecule has 0 radical (unpaired) electrons. The second-order valence-electron chi connectivity index (χ2n) is 3.91. The van der Waals surface area contributed by atoms with Gasteiger partial charge in [0, 0.05) is 6.20 Å². The molecular formula is C11H9N5O5. The molecule has 0 spiro atoms. The molecule has 0 fully saturated rings. The zero-order chi connectivity index (χ0) is 15.4. The van der Waals surface area contributed by atoms with Crippen molar-refractivity contribution in [3.05, 3.63) is 46.3 Å². The normalized spacial score (nSPS) is 10.1. The van der Waals surface area contributed by atoms with Gasteiger partial charge in [-0.25, -0.2) is 9.78 Å². The molecule has 10 heteroatoms. The van der Waals surface area contributed by atoms with E-state index in [1.54, 1.807) is 0 Å². The van der Waals surface area contributed by atoms with Crippen molar-refractivity contribution in [2.45, 2.75) is 6.54 Å². The lowest BCUT2D eigenvalue weighted by molar-refractivity contribution is -0.389. The van der Waals surface area contributed by atoms with Gasteiger partial charge >= 0.3 is 11.8 Å². The maximum absolute atomic E-state index is 11.7. The Labute approximate surface area is 117 Å². The van der Waals surface area contributed by atoms with Gasteiger partial charge in [0.15, 0.2) is 0 Å². The van der Waals surface area contributed by atoms with E-state index < -0.39 is 16.8 Å². The monoisotopic (exact) mass is 291 g/mol. The summed E-state index contributed by atoms with van der Waals surface area (Å²) in [4.78, 5) is 36.1. The molecule has 1 amide bonds. The van der Waals surface area contributed by atoms with Gasteiger partial charge < -0.3 is 20.5 Å². The van der Waals surface area contributed by atoms with Crippen LogP contribution in [0.5, 0.6) is 0 Å². The van der Waals surface area contributed by atoms with Crippen LogP contribution in [0.15, 0.2) is 30.6 Å². The average Bonchev–Trinajstić information content (AvgIpc) is 2.87. The van der Waals surface area contributed by atoms with E-state index in [9.17, 15) is 19.7 Å². The minimum atomic E-state index is -1.14. The zero-order valence-corrected chi connectivity index (χ0v) is 10.5. The molecule has 2 heterocycles. The Morgan fingerprint density at radius 2 is 2.19 bits per heavy atom. The van der Waals surface area contributed by atoms with Crippen molar-refractivity contribution in [1.29, 1.82) is 0 Å². The number of nitro groups is 1. The summed E-state index contributed by atoms with van der Waals surface area (Å²) in [5.74, 6) is -1.98. The molecule has 0 aliphatic rings. The quantitative estimate of drug-likeness (QED) is 0.604. The van der Waals surface area contributed by atoms with E-state index in [0.29, 0.717) is 0 Å². The van der Waals surface area contributed by atoms with Crippen LogP contribution in [0.2, 0.25) is 0 Å². The van der Waals surface area contributed by atoms with Crippen molar-refractivity contribution in [3.63, 3.8) is 0 Å². The predicted octanol–water partition coefficient (Wildman–Crippen LogP) is 0.523. The van der Waals surface area contributed by atoms with Gasteiger partial charge in [0.2, 0.25) is 5.91 Å². The third kappa shape index (κ3) is 3.59. The topological polar surface area (TPSA) is 140 Å². The third-order valence-corrected chi connectivity index (χ3v) is 2.39. The van der Waals surface area contributed by atoms with Gasteiger partial charge in [0.05, 0.1) is 22.9 Å². The first-order valence-electron chi connectivity index (χ1n) is 5.63. The summed E-state index contributed by atoms with van der Waals surface area (Å²) in [6.07, 6.45) is 2.54. The molecule has 108 valence electrons. The number of pyridine rings is 1. The highest BCUT2D eigenvalue weighted by molar-refractivity contribution is 5.92. The van der Waals surface area contributed by atoms with Crippen LogP contribution >= 0.6 is 0 Å². The van der Waals surface area contributed by atoms with Gasteiger partial charge in [-0.2, -0.15) is 4.68 Å². The number of rotatable bonds is 5. The number of nitrogens with zero attached hydrogens (tertiary/aromatic N) is 4. The summed E-state index contributed by atoms with van der Waals surface area (Å²) in [6, 6.07) is 3.65. The molecule has 2 rings (SSSR count). The lowest BCUT2D eigenvalue weighted by Gasteiger charge is -2.03. The smallest absolute Gasteiger partial charge is 0.389 e. The van der Waals surface area contributed by atoms with Crippen LogP contribution in [0.1, 0.15) is 10.4 Å². The Hall–Kier alpha value is -3.30. The van der Waals surface area contributed by atoms with Crippen molar-refractivity contribution in [3.8, 4) is 0 Å². The van der Waals surface area contributed by atoms with Gasteiger partial charge in [-0.15, -0.1) is 0 Å². The Morgan fingerprint density at radius 3 is 2.81 bits per heavy atom. The maximum Gasteiger partial charge on any atom is 0.389 e. The number of carbonyl (C=O) groups excluding carboxylic acids is 1. The van der Waals surface area contributed by atoms with E-state index in [1.807, 2.05) is 0 Å². The van der Waals surface area contributed by atoms with Crippen molar-refractivity contribution >= 4 is 23.5 Å². The Kier molecular flexibility index (Phi) is 3.88. The van der Waals surface area contributed by atoms with E-state index in [-0.39, 0.29) is 23.7 Å². The Bertz CT molecular complexity index is 711. The molecule has 0 unspecified atom stereocenters. The van der Waals surface area contributed by atoms with Gasteiger partial charge in [0.25, 0.3) is 0 Å². The van der Waals surface area contributed by atoms with Crippen molar-refractivity contribution in [2.75, 3.05) is 5.32 Å². The molecule has 2 N–H and O–H groups in total. The van der Waals surface area contributed by atoms with E-state index in [0.717, 1.165) is 10.7 Å². The highest BCUT2D eigenvalue weighted by atomic mass is 16.6. The molecule has 2 aromatic heterocycles. The second kappa shape index (κ2) is 5.77. The summed E-state index contributed by atoms with van der Waals surface area (Å²) < 4.78 is 1.09. The fourth-order valence-corrected chi connectivity index (χ4v) is 1.50. The van der Waals surface area contributed by atoms with Gasteiger partial charge in [-0.1, -0.05) is 0 Å². The van der Waals surface area contributed by atoms with Crippen LogP contribution < -0.4 is 5.32 Å². The van der Waals surface area contributed by atoms with Crippen molar-refractivity contribution in [1.82, 2.24) is 14.8 Å². The first kappa shape index (κ1) is 14.1. The van der Waals surface area contributed by atoms with Crippen molar-refractivity contribution < 1.29 is 19.6 Å². The summed E-state index contributed by atoms with van der Waals surface area (Å²) in [5, 5.41) is 25.2. The van der Waals surface area contributed by atoms with Crippen LogP contribution in [0.3, 0.4) is 0 Å². The minimum absolute atomic E-state index is 0.0185. The highest BCUT2D eigenvalue weighted by Crippen LogP contribution is 2.08. The molecule has 10 nitrogen and oxygen atoms in total. The fraction of sp³-hybridized carbons (Fsp3) is 0.0909. The average molecular weight is 291 g/mol. The molecule has 0 aliphatic heterocycles. The lowest BCUT2D eigenvalue weighted by atomic mass is 10.2. The molecule has 0 atom stereocenters. The molecule has 0 saturated heterocycles. The number of amides is 1. The van der Waals surface area contributed by atoms with E-state index in [4.69, 9.17) is 5.11 Å². The first-order chi connectivity index (χ1) is 9.95. The number of carboxylic acid groups (broad SMARTS) is 1. The number of aromatic carboxylic acids is 1. The molecule has 0 aromatic carbocycles. The summed E-state index contributed by atoms with van der Waals surface area (Å²) in [6.45, 7) is -0.257. The number of nitrogens with one attached hydrogen (secondary N) is 1. The number of anilines is 1. The minimum Gasteiger partial charge on any atom is -0.478 e. The second-order valence-corrected chi connectivity index (χ2v) is 3.91. The van der Waals surface area contributed by atoms with Crippen LogP contribution in [0, 0.1) is 10.1 Å². The fourth-order valence-electron chi connectivity index (χ4n) is 1.50. The molecular weight excluding hydrogens is 282 g/mol. The van der Waals surface area contributed by atoms with E-state index >= 15 is 0 Å². The Morgan fingerprint density at radius 1 is 1.43 bits per heavy atom. The van der Waals surface area contributed by atoms with Crippen LogP contribution in [-0.2, 0) is 11.3 Å². The first-order valence-corrected chi connectivity index (χ1v) is 5.63. The predicted molar refractivity (Wildman–Crippen MR) is 68.7 cm³/mol. The SMILES string of the molecule is O=C(Cn1ccc([N+](=O)[O-])n1)Nc1cc(C(=O)O)ccn1. The molecule has 0 bridgehead atoms. The number of carbonyl (C=O) groups is 2. The molecule has 21 heavy (non-hydrogen) atoms. The summed E-state index contributed by atoms with van der Waals surface area (Å²) in [7, 11) is 0. The zero-order valence-electron chi connectivity index (χ0n) is 10.5. The molecule has 0 aliphatic carbocycles.